The molecule has 3 heterocycles. The smallest absolute Gasteiger partial charge is 0.324 e. The summed E-state index contributed by atoms with van der Waals surface area (Å²) in [5.41, 5.74) is 7.31. The number of carbonyl (C=O) groups is 1. The van der Waals surface area contributed by atoms with Gasteiger partial charge in [-0.05, 0) is 30.0 Å². The van der Waals surface area contributed by atoms with Gasteiger partial charge in [-0.1, -0.05) is 24.3 Å². The van der Waals surface area contributed by atoms with Crippen molar-refractivity contribution in [2.24, 2.45) is 11.7 Å². The number of carbonyl (C=O) groups excluding carboxylic acids is 1. The quantitative estimate of drug-likeness (QED) is 0.518. The molecule has 3 aliphatic heterocycles. The van der Waals surface area contributed by atoms with Crippen molar-refractivity contribution in [1.82, 2.24) is 9.80 Å². The van der Waals surface area contributed by atoms with E-state index in [9.17, 15) is 4.79 Å². The van der Waals surface area contributed by atoms with E-state index in [1.807, 2.05) is 18.7 Å². The van der Waals surface area contributed by atoms with E-state index in [2.05, 4.69) is 52.4 Å². The molecule has 8 heteroatoms. The van der Waals surface area contributed by atoms with E-state index in [0.717, 1.165) is 26.2 Å². The van der Waals surface area contributed by atoms with Gasteiger partial charge in [-0.3, -0.25) is 9.69 Å². The van der Waals surface area contributed by atoms with Crippen LogP contribution < -0.4 is 16.2 Å². The van der Waals surface area contributed by atoms with Crippen molar-refractivity contribution >= 4 is 43.0 Å². The minimum atomic E-state index is -0.560. The van der Waals surface area contributed by atoms with Crippen molar-refractivity contribution in [1.29, 1.82) is 0 Å². The molecule has 1 fully saturated rings. The van der Waals surface area contributed by atoms with Crippen molar-refractivity contribution in [2.45, 2.75) is 25.3 Å². The number of allylic oxidation sites excluding steroid dienone is 1. The van der Waals surface area contributed by atoms with E-state index >= 15 is 0 Å². The number of benzene rings is 1. The van der Waals surface area contributed by atoms with E-state index in [-0.39, 0.29) is 15.1 Å². The molecule has 0 amide bonds. The van der Waals surface area contributed by atoms with Crippen LogP contribution in [-0.2, 0) is 9.53 Å². The monoisotopic (exact) mass is 430 g/mol. The first-order chi connectivity index (χ1) is 14.0. The van der Waals surface area contributed by atoms with E-state index < -0.39 is 6.04 Å². The fourth-order valence-electron chi connectivity index (χ4n) is 4.27. The number of fused-ring (bicyclic) bond motifs is 2. The lowest BCUT2D eigenvalue weighted by Gasteiger charge is -2.40. The third-order valence-electron chi connectivity index (χ3n) is 5.74. The Morgan fingerprint density at radius 3 is 2.86 bits per heavy atom. The highest BCUT2D eigenvalue weighted by atomic mass is 32.2. The summed E-state index contributed by atoms with van der Waals surface area (Å²) in [5.74, 6) is 0.155. The molecule has 3 N–H and O–H groups in total. The number of para-hydroxylation sites is 1. The number of thioether (sulfide) groups is 1. The second-order valence-corrected chi connectivity index (χ2v) is 10.7. The summed E-state index contributed by atoms with van der Waals surface area (Å²) in [5, 5.41) is 7.21. The number of hydrogen-bond donors (Lipinski definition) is 2. The van der Waals surface area contributed by atoms with Gasteiger partial charge in [-0.2, -0.15) is 0 Å². The molecule has 4 rings (SSSR count). The van der Waals surface area contributed by atoms with Crippen LogP contribution in [0, 0.1) is 5.92 Å². The molecule has 1 aromatic carbocycles. The van der Waals surface area contributed by atoms with Crippen molar-refractivity contribution < 1.29 is 9.53 Å². The summed E-state index contributed by atoms with van der Waals surface area (Å²) in [6.07, 6.45) is 2.44. The molecule has 29 heavy (non-hydrogen) atoms. The van der Waals surface area contributed by atoms with Gasteiger partial charge >= 0.3 is 5.97 Å². The second-order valence-electron chi connectivity index (χ2n) is 7.79. The van der Waals surface area contributed by atoms with Gasteiger partial charge in [-0.25, -0.2) is 0 Å². The Labute approximate surface area is 179 Å². The molecule has 3 atom stereocenters. The molecule has 0 radical (unpaired) electrons. The molecular formula is C21H30N4O2SSi. The Morgan fingerprint density at radius 1 is 1.34 bits per heavy atom. The number of nitrogens with two attached hydrogens (primary N) is 1. The van der Waals surface area contributed by atoms with Gasteiger partial charge in [0.15, 0.2) is 0 Å². The van der Waals surface area contributed by atoms with Crippen LogP contribution in [0.2, 0.25) is 0 Å². The van der Waals surface area contributed by atoms with Crippen LogP contribution in [0.1, 0.15) is 13.8 Å². The number of piperazine rings is 1. The zero-order valence-corrected chi connectivity index (χ0v) is 19.1. The van der Waals surface area contributed by atoms with Crippen molar-refractivity contribution in [3.8, 4) is 0 Å². The summed E-state index contributed by atoms with van der Waals surface area (Å²) in [6.45, 7) is 8.81. The third-order valence-corrected chi connectivity index (χ3v) is 8.77. The van der Waals surface area contributed by atoms with E-state index in [1.54, 1.807) is 5.29 Å². The Hall–Kier alpha value is -1.61. The summed E-state index contributed by atoms with van der Waals surface area (Å²) in [6, 6.07) is 8.20. The fourth-order valence-corrected chi connectivity index (χ4v) is 7.37. The SMILES string of the molecule is CCOC(=O)C(N)CN1CCN(C2=[SiH]c3ccccc3NC3SC(C)=CC23)CC1. The largest absolute Gasteiger partial charge is 0.465 e. The normalized spacial score (nSPS) is 25.1. The topological polar surface area (TPSA) is 70.8 Å². The highest BCUT2D eigenvalue weighted by Gasteiger charge is 2.35. The van der Waals surface area contributed by atoms with Crippen LogP contribution in [0.5, 0.6) is 0 Å². The molecule has 3 unspecified atom stereocenters. The van der Waals surface area contributed by atoms with Gasteiger partial charge in [0.25, 0.3) is 0 Å². The van der Waals surface area contributed by atoms with E-state index in [1.165, 1.54) is 15.8 Å². The van der Waals surface area contributed by atoms with Crippen LogP contribution in [0.15, 0.2) is 35.2 Å². The Morgan fingerprint density at radius 2 is 2.10 bits per heavy atom. The van der Waals surface area contributed by atoms with Crippen LogP contribution in [-0.4, -0.2) is 80.9 Å². The zero-order chi connectivity index (χ0) is 20.4. The van der Waals surface area contributed by atoms with Crippen LogP contribution in [0.3, 0.4) is 0 Å². The highest BCUT2D eigenvalue weighted by molar-refractivity contribution is 8.04. The number of nitrogens with one attached hydrogen (secondary N) is 1. The summed E-state index contributed by atoms with van der Waals surface area (Å²) >= 11 is 1.95. The maximum atomic E-state index is 11.8. The van der Waals surface area contributed by atoms with Crippen molar-refractivity contribution in [3.63, 3.8) is 0 Å². The highest BCUT2D eigenvalue weighted by Crippen LogP contribution is 2.38. The molecule has 0 bridgehead atoms. The van der Waals surface area contributed by atoms with E-state index in [0.29, 0.717) is 24.4 Å². The average molecular weight is 431 g/mol. The lowest BCUT2D eigenvalue weighted by molar-refractivity contribution is -0.145. The lowest BCUT2D eigenvalue weighted by Crippen LogP contribution is -2.55. The Kier molecular flexibility index (Phi) is 6.43. The number of ether oxygens (including phenoxy) is 1. The van der Waals surface area contributed by atoms with Crippen LogP contribution in [0.4, 0.5) is 5.69 Å². The molecule has 0 aliphatic carbocycles. The van der Waals surface area contributed by atoms with Gasteiger partial charge in [0.05, 0.1) is 21.1 Å². The minimum absolute atomic E-state index is 0.0720. The molecule has 1 aromatic rings. The maximum absolute atomic E-state index is 11.8. The summed E-state index contributed by atoms with van der Waals surface area (Å²) in [4.78, 5) is 18.1. The van der Waals surface area contributed by atoms with Gasteiger partial charge in [0, 0.05) is 49.6 Å². The van der Waals surface area contributed by atoms with Gasteiger partial charge in [0.1, 0.15) is 6.04 Å². The van der Waals surface area contributed by atoms with Crippen LogP contribution in [0.25, 0.3) is 0 Å². The molecule has 1 saturated heterocycles. The van der Waals surface area contributed by atoms with Crippen molar-refractivity contribution in [2.75, 3.05) is 44.6 Å². The molecule has 6 nitrogen and oxygen atoms in total. The first kappa shape index (κ1) is 20.7. The van der Waals surface area contributed by atoms with E-state index in [4.69, 9.17) is 10.5 Å². The lowest BCUT2D eigenvalue weighted by atomic mass is 10.1. The Balaban J connectivity index is 1.46. The number of esters is 1. The summed E-state index contributed by atoms with van der Waals surface area (Å²) < 4.78 is 5.05. The molecule has 3 aliphatic rings. The first-order valence-electron chi connectivity index (χ1n) is 10.4. The maximum Gasteiger partial charge on any atom is 0.324 e. The number of rotatable bonds is 5. The summed E-state index contributed by atoms with van der Waals surface area (Å²) in [7, 11) is 0.0720. The number of anilines is 1. The molecule has 0 aromatic heterocycles. The number of nitrogens with zero attached hydrogens (tertiary/aromatic N) is 2. The van der Waals surface area contributed by atoms with Crippen molar-refractivity contribution in [3.05, 3.63) is 35.2 Å². The minimum Gasteiger partial charge on any atom is -0.465 e. The fraction of sp³-hybridized carbons (Fsp3) is 0.524. The molecular weight excluding hydrogens is 400 g/mol. The average Bonchev–Trinajstić information content (AvgIpc) is 3.00. The van der Waals surface area contributed by atoms with Gasteiger partial charge in [0.2, 0.25) is 0 Å². The second kappa shape index (κ2) is 9.03. The Bertz CT molecular complexity index is 823. The zero-order valence-electron chi connectivity index (χ0n) is 17.1. The predicted octanol–water partition coefficient (Wildman–Crippen LogP) is 0.405. The standard InChI is InChI=1S/C21H30N4O2SSi/c1-3-27-21(26)16(22)13-24-8-10-25(11-9-24)20-15-12-14(2)28-19(15)23-17-6-4-5-7-18(17)29-20/h4-7,12,15-16,19,23,29H,3,8-11,13,22H2,1-2H3. The number of hydrogen-bond acceptors (Lipinski definition) is 7. The van der Waals surface area contributed by atoms with Crippen LogP contribution >= 0.6 is 11.8 Å². The molecule has 0 spiro atoms. The first-order valence-corrected chi connectivity index (χ1v) is 12.4. The molecule has 156 valence electrons. The molecule has 0 saturated carbocycles. The van der Waals surface area contributed by atoms with Gasteiger partial charge < -0.3 is 20.7 Å². The van der Waals surface area contributed by atoms with Gasteiger partial charge in [-0.15, -0.1) is 11.8 Å². The predicted molar refractivity (Wildman–Crippen MR) is 123 cm³/mol. The third kappa shape index (κ3) is 4.60.